The minimum atomic E-state index is 0. The van der Waals surface area contributed by atoms with E-state index in [0.29, 0.717) is 4.32 Å². The first-order valence-electron chi connectivity index (χ1n) is 2.86. The molecule has 0 aromatic heterocycles. The molecular formula is C5H13MoNOS3. The molecule has 0 aliphatic carbocycles. The van der Waals surface area contributed by atoms with Crippen molar-refractivity contribution in [3.8, 4) is 0 Å². The van der Waals surface area contributed by atoms with Gasteiger partial charge in [-0.3, -0.25) is 0 Å². The fraction of sp³-hybridized carbons (Fsp3) is 0.800. The van der Waals surface area contributed by atoms with E-state index in [9.17, 15) is 0 Å². The number of thioether (sulfide) groups is 1. The molecule has 0 radical (unpaired) electrons. The Morgan fingerprint density at radius 2 is 2.00 bits per heavy atom. The first-order chi connectivity index (χ1) is 4.77. The molecule has 6 heteroatoms. The predicted molar refractivity (Wildman–Crippen MR) is 55.4 cm³/mol. The van der Waals surface area contributed by atoms with Crippen LogP contribution in [0.2, 0.25) is 0 Å². The van der Waals surface area contributed by atoms with Gasteiger partial charge < -0.3 is 11.2 Å². The Balaban J connectivity index is -0.000000196. The van der Waals surface area contributed by atoms with E-state index in [1.165, 1.54) is 30.8 Å². The van der Waals surface area contributed by atoms with Gasteiger partial charge in [-0.25, -0.2) is 0 Å². The first kappa shape index (κ1) is 18.0. The molecule has 68 valence electrons. The van der Waals surface area contributed by atoms with Crippen molar-refractivity contribution in [3.05, 3.63) is 0 Å². The van der Waals surface area contributed by atoms with Crippen LogP contribution in [0, 0.1) is 0 Å². The average Bonchev–Trinajstić information content (AvgIpc) is 1.92. The van der Waals surface area contributed by atoms with Gasteiger partial charge in [0.1, 0.15) is 4.32 Å². The number of thiocarbonyl (C=S) groups is 1. The van der Waals surface area contributed by atoms with Crippen LogP contribution in [-0.2, 0) is 18.0 Å². The SMILES string of the molecule is CCCCSC(N)=S.O.[S]=[Mo]. The molecule has 0 amide bonds. The molecule has 11 heavy (non-hydrogen) atoms. The van der Waals surface area contributed by atoms with E-state index < -0.39 is 0 Å². The zero-order valence-corrected chi connectivity index (χ0v) is 10.8. The summed E-state index contributed by atoms with van der Waals surface area (Å²) in [6.45, 7) is 2.15. The van der Waals surface area contributed by atoms with Crippen molar-refractivity contribution in [2.24, 2.45) is 5.73 Å². The van der Waals surface area contributed by atoms with Gasteiger partial charge in [-0.1, -0.05) is 37.3 Å². The van der Waals surface area contributed by atoms with E-state index in [2.05, 4.69) is 29.0 Å². The molecule has 0 aromatic rings. The first-order valence-corrected chi connectivity index (χ1v) is 7.04. The fourth-order valence-corrected chi connectivity index (χ4v) is 1.20. The summed E-state index contributed by atoms with van der Waals surface area (Å²) in [5, 5.41) is 0. The van der Waals surface area contributed by atoms with Crippen LogP contribution in [0.15, 0.2) is 0 Å². The zero-order chi connectivity index (χ0) is 8.41. The average molecular weight is 295 g/mol. The third kappa shape index (κ3) is 24.7. The summed E-state index contributed by atoms with van der Waals surface area (Å²) >= 11 is 7.75. The third-order valence-electron chi connectivity index (χ3n) is 0.742. The van der Waals surface area contributed by atoms with E-state index >= 15 is 0 Å². The fourth-order valence-electron chi connectivity index (χ4n) is 0.317. The van der Waals surface area contributed by atoms with Crippen molar-refractivity contribution in [1.82, 2.24) is 0 Å². The standard InChI is InChI=1S/C5H11NS2.Mo.H2O.S/c1-2-3-4-8-5(6)7;;;/h2-4H2,1H3,(H2,6,7);;1H2;. The van der Waals surface area contributed by atoms with Crippen molar-refractivity contribution in [2.45, 2.75) is 19.8 Å². The number of nitrogens with two attached hydrogens (primary N) is 1. The molecule has 0 aliphatic heterocycles. The Bertz CT molecular complexity index is 93.8. The number of rotatable bonds is 3. The van der Waals surface area contributed by atoms with E-state index in [-0.39, 0.29) is 5.48 Å². The topological polar surface area (TPSA) is 57.5 Å². The zero-order valence-electron chi connectivity index (χ0n) is 6.33. The molecular weight excluding hydrogens is 282 g/mol. The molecule has 0 rings (SSSR count). The normalized spacial score (nSPS) is 7.00. The molecule has 0 fully saturated rings. The van der Waals surface area contributed by atoms with Gasteiger partial charge in [0.05, 0.1) is 0 Å². The van der Waals surface area contributed by atoms with E-state index in [4.69, 9.17) is 5.73 Å². The Kier molecular flexibility index (Phi) is 28.3. The summed E-state index contributed by atoms with van der Waals surface area (Å²) in [5.41, 5.74) is 5.23. The van der Waals surface area contributed by atoms with Crippen molar-refractivity contribution in [3.63, 3.8) is 0 Å². The quantitative estimate of drug-likeness (QED) is 0.488. The summed E-state index contributed by atoms with van der Waals surface area (Å²) in [5.74, 6) is 1.08. The molecule has 2 nitrogen and oxygen atoms in total. The van der Waals surface area contributed by atoms with Gasteiger partial charge >= 0.3 is 27.8 Å². The number of hydrogen-bond acceptors (Lipinski definition) is 3. The van der Waals surface area contributed by atoms with Crippen LogP contribution in [0.25, 0.3) is 0 Å². The predicted octanol–water partition coefficient (Wildman–Crippen LogP) is 1.58. The molecule has 0 atom stereocenters. The van der Waals surface area contributed by atoms with Crippen molar-refractivity contribution in [2.75, 3.05) is 5.75 Å². The summed E-state index contributed by atoms with van der Waals surface area (Å²) in [7, 11) is 4.09. The number of hydrogen-bond donors (Lipinski definition) is 1. The summed E-state index contributed by atoms with van der Waals surface area (Å²) in [6.07, 6.45) is 2.43. The van der Waals surface area contributed by atoms with Gasteiger partial charge in [0.15, 0.2) is 0 Å². The van der Waals surface area contributed by atoms with E-state index in [1.54, 1.807) is 11.8 Å². The van der Waals surface area contributed by atoms with Crippen LogP contribution in [0.1, 0.15) is 19.8 Å². The second-order valence-corrected chi connectivity index (χ2v) is 3.36. The van der Waals surface area contributed by atoms with Gasteiger partial charge in [0.25, 0.3) is 0 Å². The summed E-state index contributed by atoms with van der Waals surface area (Å²) < 4.78 is 0.568. The van der Waals surface area contributed by atoms with Gasteiger partial charge in [-0.15, -0.1) is 0 Å². The molecule has 0 saturated heterocycles. The van der Waals surface area contributed by atoms with Gasteiger partial charge in [-0.05, 0) is 6.42 Å². The van der Waals surface area contributed by atoms with E-state index in [0.717, 1.165) is 5.75 Å². The van der Waals surface area contributed by atoms with E-state index in [1.807, 2.05) is 0 Å². The minimum absolute atomic E-state index is 0. The van der Waals surface area contributed by atoms with Gasteiger partial charge in [0, 0.05) is 5.75 Å². The maximum atomic E-state index is 5.23. The van der Waals surface area contributed by atoms with Crippen LogP contribution in [0.5, 0.6) is 0 Å². The van der Waals surface area contributed by atoms with Crippen LogP contribution in [0.4, 0.5) is 0 Å². The molecule has 0 unspecified atom stereocenters. The summed E-state index contributed by atoms with van der Waals surface area (Å²) in [6, 6.07) is 0. The maximum absolute atomic E-state index is 5.23. The molecule has 4 N–H and O–H groups in total. The van der Waals surface area contributed by atoms with Crippen LogP contribution in [-0.4, -0.2) is 15.5 Å². The Morgan fingerprint density at radius 1 is 1.55 bits per heavy atom. The molecule has 0 bridgehead atoms. The Hall–Kier alpha value is 1.11. The van der Waals surface area contributed by atoms with Crippen molar-refractivity contribution < 1.29 is 23.5 Å². The molecule has 0 saturated carbocycles. The van der Waals surface area contributed by atoms with Gasteiger partial charge in [-0.2, -0.15) is 0 Å². The van der Waals surface area contributed by atoms with Crippen LogP contribution in [0.3, 0.4) is 0 Å². The summed E-state index contributed by atoms with van der Waals surface area (Å²) in [4.78, 5) is 0. The van der Waals surface area contributed by atoms with Crippen molar-refractivity contribution in [1.29, 1.82) is 0 Å². The molecule has 0 aromatic carbocycles. The van der Waals surface area contributed by atoms with Crippen molar-refractivity contribution >= 4 is 38.1 Å². The number of unbranched alkanes of at least 4 members (excludes halogenated alkanes) is 1. The monoisotopic (exact) mass is 297 g/mol. The second-order valence-electron chi connectivity index (χ2n) is 1.52. The second kappa shape index (κ2) is 17.3. The Morgan fingerprint density at radius 3 is 2.27 bits per heavy atom. The van der Waals surface area contributed by atoms with Gasteiger partial charge in [0.2, 0.25) is 0 Å². The molecule has 0 spiro atoms. The van der Waals surface area contributed by atoms with Crippen LogP contribution >= 0.6 is 33.8 Å². The van der Waals surface area contributed by atoms with Crippen LogP contribution < -0.4 is 5.73 Å². The Labute approximate surface area is 92.3 Å². The molecule has 0 heterocycles. The molecule has 0 aliphatic rings. The third-order valence-corrected chi connectivity index (χ3v) is 1.87.